The molecule has 0 bridgehead atoms. The summed E-state index contributed by atoms with van der Waals surface area (Å²) in [4.78, 5) is 23.3. The standard InChI is InChI=1S/C15H12ClNO3S/c16-13-4-2-1-3-12(13)15(20)17-8-11-7-10(9-21-11)5-6-14(18)19/h1-7,9H,8H2,(H,17,20)(H,18,19)/b6-5+. The van der Waals surface area contributed by atoms with Crippen LogP contribution in [0.3, 0.4) is 0 Å². The van der Waals surface area contributed by atoms with Crippen LogP contribution >= 0.6 is 22.9 Å². The van der Waals surface area contributed by atoms with Crippen LogP contribution in [0.2, 0.25) is 5.02 Å². The fraction of sp³-hybridized carbons (Fsp3) is 0.0667. The van der Waals surface area contributed by atoms with Gasteiger partial charge in [0.1, 0.15) is 0 Å². The fourth-order valence-corrected chi connectivity index (χ4v) is 2.67. The van der Waals surface area contributed by atoms with Gasteiger partial charge in [-0.05, 0) is 35.2 Å². The molecule has 4 nitrogen and oxygen atoms in total. The van der Waals surface area contributed by atoms with Crippen LogP contribution in [-0.2, 0) is 11.3 Å². The summed E-state index contributed by atoms with van der Waals surface area (Å²) >= 11 is 7.40. The first-order valence-electron chi connectivity index (χ1n) is 6.07. The maximum absolute atomic E-state index is 12.0. The number of carboxylic acid groups (broad SMARTS) is 1. The molecule has 1 aromatic carbocycles. The zero-order valence-electron chi connectivity index (χ0n) is 10.9. The molecule has 2 aromatic rings. The smallest absolute Gasteiger partial charge is 0.328 e. The highest BCUT2D eigenvalue weighted by molar-refractivity contribution is 7.10. The maximum atomic E-state index is 12.0. The summed E-state index contributed by atoms with van der Waals surface area (Å²) in [5.74, 6) is -1.23. The molecule has 1 aromatic heterocycles. The van der Waals surface area contributed by atoms with E-state index in [0.29, 0.717) is 17.1 Å². The normalized spacial score (nSPS) is 10.7. The number of halogens is 1. The van der Waals surface area contributed by atoms with Crippen molar-refractivity contribution in [2.45, 2.75) is 6.54 Å². The maximum Gasteiger partial charge on any atom is 0.328 e. The Bertz CT molecular complexity index is 694. The van der Waals surface area contributed by atoms with Crippen LogP contribution in [0.4, 0.5) is 0 Å². The summed E-state index contributed by atoms with van der Waals surface area (Å²) in [5, 5.41) is 13.6. The summed E-state index contributed by atoms with van der Waals surface area (Å²) in [6, 6.07) is 8.67. The van der Waals surface area contributed by atoms with Crippen molar-refractivity contribution in [3.05, 3.63) is 62.8 Å². The van der Waals surface area contributed by atoms with E-state index in [1.54, 1.807) is 24.3 Å². The van der Waals surface area contributed by atoms with Crippen LogP contribution in [0.25, 0.3) is 6.08 Å². The van der Waals surface area contributed by atoms with Gasteiger partial charge < -0.3 is 10.4 Å². The SMILES string of the molecule is O=C(O)/C=C/c1csc(CNC(=O)c2ccccc2Cl)c1. The molecule has 0 spiro atoms. The molecule has 2 N–H and O–H groups in total. The second kappa shape index (κ2) is 7.06. The first kappa shape index (κ1) is 15.3. The van der Waals surface area contributed by atoms with Crippen molar-refractivity contribution in [3.8, 4) is 0 Å². The molecule has 0 atom stereocenters. The third-order valence-electron chi connectivity index (χ3n) is 2.63. The molecule has 1 amide bonds. The average molecular weight is 322 g/mol. The molecule has 0 saturated carbocycles. The van der Waals surface area contributed by atoms with Gasteiger partial charge in [-0.2, -0.15) is 0 Å². The van der Waals surface area contributed by atoms with Crippen molar-refractivity contribution in [2.24, 2.45) is 0 Å². The van der Waals surface area contributed by atoms with Gasteiger partial charge in [0.05, 0.1) is 17.1 Å². The van der Waals surface area contributed by atoms with Crippen LogP contribution < -0.4 is 5.32 Å². The van der Waals surface area contributed by atoms with Crippen molar-refractivity contribution < 1.29 is 14.7 Å². The van der Waals surface area contributed by atoms with Crippen molar-refractivity contribution in [3.63, 3.8) is 0 Å². The monoisotopic (exact) mass is 321 g/mol. The number of hydrogen-bond donors (Lipinski definition) is 2. The van der Waals surface area contributed by atoms with Crippen LogP contribution in [0.1, 0.15) is 20.8 Å². The van der Waals surface area contributed by atoms with Gasteiger partial charge in [-0.25, -0.2) is 4.79 Å². The Kier molecular flexibility index (Phi) is 5.14. The van der Waals surface area contributed by atoms with E-state index >= 15 is 0 Å². The highest BCUT2D eigenvalue weighted by Crippen LogP contribution is 2.17. The predicted octanol–water partition coefficient (Wildman–Crippen LogP) is 3.43. The Labute approximate surface area is 130 Å². The molecule has 1 heterocycles. The second-order valence-electron chi connectivity index (χ2n) is 4.18. The third kappa shape index (κ3) is 4.44. The summed E-state index contributed by atoms with van der Waals surface area (Å²) in [6.07, 6.45) is 2.59. The van der Waals surface area contributed by atoms with Gasteiger partial charge in [-0.1, -0.05) is 23.7 Å². The first-order valence-corrected chi connectivity index (χ1v) is 7.33. The Morgan fingerprint density at radius 2 is 2.10 bits per heavy atom. The van der Waals surface area contributed by atoms with E-state index < -0.39 is 5.97 Å². The highest BCUT2D eigenvalue weighted by atomic mass is 35.5. The first-order chi connectivity index (χ1) is 10.1. The molecule has 2 rings (SSSR count). The highest BCUT2D eigenvalue weighted by Gasteiger charge is 2.09. The minimum atomic E-state index is -0.991. The number of amides is 1. The largest absolute Gasteiger partial charge is 0.478 e. The molecule has 0 unspecified atom stereocenters. The molecule has 0 fully saturated rings. The van der Waals surface area contributed by atoms with Gasteiger partial charge in [0, 0.05) is 11.0 Å². The lowest BCUT2D eigenvalue weighted by Crippen LogP contribution is -2.22. The minimum absolute atomic E-state index is 0.239. The average Bonchev–Trinajstić information content (AvgIpc) is 2.91. The van der Waals surface area contributed by atoms with Gasteiger partial charge in [0.2, 0.25) is 0 Å². The van der Waals surface area contributed by atoms with E-state index in [1.807, 2.05) is 11.4 Å². The molecule has 0 radical (unpaired) electrons. The number of carbonyl (C=O) groups is 2. The number of carbonyl (C=O) groups excluding carboxylic acids is 1. The van der Waals surface area contributed by atoms with Gasteiger partial charge in [-0.3, -0.25) is 4.79 Å². The molecule has 21 heavy (non-hydrogen) atoms. The zero-order chi connectivity index (χ0) is 15.2. The number of aliphatic carboxylic acids is 1. The van der Waals surface area contributed by atoms with E-state index in [0.717, 1.165) is 16.5 Å². The predicted molar refractivity (Wildman–Crippen MR) is 83.6 cm³/mol. The molecule has 6 heteroatoms. The zero-order valence-corrected chi connectivity index (χ0v) is 12.4. The molecular weight excluding hydrogens is 310 g/mol. The van der Waals surface area contributed by atoms with Crippen molar-refractivity contribution >= 4 is 40.9 Å². The number of benzene rings is 1. The van der Waals surface area contributed by atoms with Crippen molar-refractivity contribution in [1.82, 2.24) is 5.32 Å². The van der Waals surface area contributed by atoms with Gasteiger partial charge in [-0.15, -0.1) is 11.3 Å². The Hall–Kier alpha value is -2.11. The quantitative estimate of drug-likeness (QED) is 0.829. The third-order valence-corrected chi connectivity index (χ3v) is 3.92. The Morgan fingerprint density at radius 3 is 2.81 bits per heavy atom. The van der Waals surface area contributed by atoms with E-state index in [2.05, 4.69) is 5.32 Å². The summed E-state index contributed by atoms with van der Waals surface area (Å²) < 4.78 is 0. The van der Waals surface area contributed by atoms with E-state index in [4.69, 9.17) is 16.7 Å². The number of carboxylic acids is 1. The summed E-state index contributed by atoms with van der Waals surface area (Å²) in [6.45, 7) is 0.371. The van der Waals surface area contributed by atoms with Crippen molar-refractivity contribution in [1.29, 1.82) is 0 Å². The Balaban J connectivity index is 1.96. The fourth-order valence-electron chi connectivity index (χ4n) is 1.65. The summed E-state index contributed by atoms with van der Waals surface area (Å²) in [7, 11) is 0. The molecule has 108 valence electrons. The number of rotatable bonds is 5. The lowest BCUT2D eigenvalue weighted by atomic mass is 10.2. The van der Waals surface area contributed by atoms with E-state index in [9.17, 15) is 9.59 Å². The van der Waals surface area contributed by atoms with E-state index in [-0.39, 0.29) is 5.91 Å². The van der Waals surface area contributed by atoms with Crippen LogP contribution in [0, 0.1) is 0 Å². The molecule has 0 aliphatic rings. The second-order valence-corrected chi connectivity index (χ2v) is 5.58. The lowest BCUT2D eigenvalue weighted by Gasteiger charge is -2.05. The molecule has 0 saturated heterocycles. The Morgan fingerprint density at radius 1 is 1.33 bits per heavy atom. The van der Waals surface area contributed by atoms with Crippen LogP contribution in [0.5, 0.6) is 0 Å². The summed E-state index contributed by atoms with van der Waals surface area (Å²) in [5.41, 5.74) is 1.23. The van der Waals surface area contributed by atoms with Crippen LogP contribution in [-0.4, -0.2) is 17.0 Å². The number of hydrogen-bond acceptors (Lipinski definition) is 3. The molecule has 0 aliphatic heterocycles. The lowest BCUT2D eigenvalue weighted by molar-refractivity contribution is -0.131. The van der Waals surface area contributed by atoms with E-state index in [1.165, 1.54) is 17.4 Å². The van der Waals surface area contributed by atoms with Gasteiger partial charge in [0.25, 0.3) is 5.91 Å². The van der Waals surface area contributed by atoms with Gasteiger partial charge in [0.15, 0.2) is 0 Å². The topological polar surface area (TPSA) is 66.4 Å². The number of thiophene rings is 1. The molecular formula is C15H12ClNO3S. The minimum Gasteiger partial charge on any atom is -0.478 e. The van der Waals surface area contributed by atoms with Crippen LogP contribution in [0.15, 0.2) is 41.8 Å². The number of nitrogens with one attached hydrogen (secondary N) is 1. The van der Waals surface area contributed by atoms with Gasteiger partial charge >= 0.3 is 5.97 Å². The molecule has 0 aliphatic carbocycles. The van der Waals surface area contributed by atoms with Crippen molar-refractivity contribution in [2.75, 3.05) is 0 Å².